The van der Waals surface area contributed by atoms with Gasteiger partial charge in [-0.3, -0.25) is 0 Å². The summed E-state index contributed by atoms with van der Waals surface area (Å²) in [6.07, 6.45) is 1.09. The average Bonchev–Trinajstić information content (AvgIpc) is 2.88. The summed E-state index contributed by atoms with van der Waals surface area (Å²) < 4.78 is 11.3. The van der Waals surface area contributed by atoms with Crippen LogP contribution in [0.3, 0.4) is 0 Å². The van der Waals surface area contributed by atoms with Crippen LogP contribution in [0.5, 0.6) is 11.5 Å². The molecule has 110 valence electrons. The molecule has 4 nitrogen and oxygen atoms in total. The lowest BCUT2D eigenvalue weighted by Gasteiger charge is -2.35. The molecule has 0 amide bonds. The number of ether oxygens (including phenoxy) is 2. The number of aliphatic hydroxyl groups excluding tert-OH is 1. The van der Waals surface area contributed by atoms with Gasteiger partial charge in [-0.1, -0.05) is 11.6 Å². The van der Waals surface area contributed by atoms with E-state index >= 15 is 0 Å². The molecule has 2 fully saturated rings. The van der Waals surface area contributed by atoms with Crippen LogP contribution in [-0.2, 0) is 0 Å². The number of rotatable bonds is 3. The number of hydrogen-bond acceptors (Lipinski definition) is 4. The van der Waals surface area contributed by atoms with Crippen molar-refractivity contribution in [2.45, 2.75) is 25.0 Å². The number of aliphatic hydroxyl groups is 1. The molecule has 0 radical (unpaired) electrons. The Hall–Kier alpha value is -0.970. The molecule has 1 aliphatic carbocycles. The first kappa shape index (κ1) is 14.0. The van der Waals surface area contributed by atoms with Crippen LogP contribution in [0.1, 0.15) is 12.8 Å². The van der Waals surface area contributed by atoms with Crippen molar-refractivity contribution in [3.63, 3.8) is 0 Å². The van der Waals surface area contributed by atoms with Crippen LogP contribution in [0.2, 0.25) is 5.02 Å². The zero-order valence-electron chi connectivity index (χ0n) is 11.5. The molecule has 1 heterocycles. The summed E-state index contributed by atoms with van der Waals surface area (Å²) >= 11 is 5.95. The van der Waals surface area contributed by atoms with Gasteiger partial charge in [-0.15, -0.1) is 0 Å². The largest absolute Gasteiger partial charge is 0.493 e. The standard InChI is InChI=1S/C15H20ClNO3/c1-19-15-6-11(16)2-3-13(15)20-14-5-10-8-17-7-9(10)4-12(14)18/h2-3,6,9-10,12,14,17-18H,4-5,7-8H2,1H3/t9-,10+,12+,14+/m0/s1. The molecule has 1 aromatic carbocycles. The maximum atomic E-state index is 10.3. The molecule has 2 aliphatic rings. The highest BCUT2D eigenvalue weighted by molar-refractivity contribution is 6.30. The lowest BCUT2D eigenvalue weighted by Crippen LogP contribution is -2.42. The Balaban J connectivity index is 1.73. The van der Waals surface area contributed by atoms with Gasteiger partial charge in [0.1, 0.15) is 6.10 Å². The second kappa shape index (κ2) is 5.80. The third-order valence-corrected chi connectivity index (χ3v) is 4.63. The number of benzene rings is 1. The first-order chi connectivity index (χ1) is 9.67. The Bertz CT molecular complexity index is 482. The van der Waals surface area contributed by atoms with Crippen molar-refractivity contribution in [2.75, 3.05) is 20.2 Å². The van der Waals surface area contributed by atoms with Crippen molar-refractivity contribution in [3.05, 3.63) is 23.2 Å². The van der Waals surface area contributed by atoms with Gasteiger partial charge in [-0.05, 0) is 49.9 Å². The SMILES string of the molecule is COc1cc(Cl)ccc1O[C@@H]1C[C@@H]2CNC[C@@H]2C[C@H]1O. The molecule has 1 aliphatic heterocycles. The van der Waals surface area contributed by atoms with Crippen LogP contribution in [0, 0.1) is 11.8 Å². The van der Waals surface area contributed by atoms with E-state index in [4.69, 9.17) is 21.1 Å². The molecule has 20 heavy (non-hydrogen) atoms. The van der Waals surface area contributed by atoms with Gasteiger partial charge in [-0.25, -0.2) is 0 Å². The monoisotopic (exact) mass is 297 g/mol. The number of halogens is 1. The van der Waals surface area contributed by atoms with E-state index in [0.717, 1.165) is 25.9 Å². The third-order valence-electron chi connectivity index (χ3n) is 4.39. The van der Waals surface area contributed by atoms with Crippen molar-refractivity contribution < 1.29 is 14.6 Å². The number of methoxy groups -OCH3 is 1. The molecular weight excluding hydrogens is 278 g/mol. The Kier molecular flexibility index (Phi) is 4.06. The molecule has 1 saturated heterocycles. The summed E-state index contributed by atoms with van der Waals surface area (Å²) in [5.74, 6) is 2.43. The van der Waals surface area contributed by atoms with Crippen molar-refractivity contribution in [3.8, 4) is 11.5 Å². The van der Waals surface area contributed by atoms with E-state index in [-0.39, 0.29) is 6.10 Å². The number of hydrogen-bond donors (Lipinski definition) is 2. The van der Waals surface area contributed by atoms with Gasteiger partial charge in [-0.2, -0.15) is 0 Å². The maximum Gasteiger partial charge on any atom is 0.162 e. The zero-order valence-corrected chi connectivity index (χ0v) is 12.3. The molecule has 5 heteroatoms. The Morgan fingerprint density at radius 1 is 1.20 bits per heavy atom. The molecule has 0 unspecified atom stereocenters. The first-order valence-corrected chi connectivity index (χ1v) is 7.44. The number of nitrogens with one attached hydrogen (secondary N) is 1. The smallest absolute Gasteiger partial charge is 0.162 e. The molecule has 1 aromatic rings. The summed E-state index contributed by atoms with van der Waals surface area (Å²) in [7, 11) is 1.59. The Morgan fingerprint density at radius 3 is 2.70 bits per heavy atom. The molecule has 0 bridgehead atoms. The summed E-state index contributed by atoms with van der Waals surface area (Å²) in [5, 5.41) is 14.3. The van der Waals surface area contributed by atoms with E-state index in [1.807, 2.05) is 0 Å². The third kappa shape index (κ3) is 2.73. The highest BCUT2D eigenvalue weighted by atomic mass is 35.5. The summed E-state index contributed by atoms with van der Waals surface area (Å²) in [6.45, 7) is 2.04. The van der Waals surface area contributed by atoms with Gasteiger partial charge in [0.2, 0.25) is 0 Å². The second-order valence-electron chi connectivity index (χ2n) is 5.67. The fraction of sp³-hybridized carbons (Fsp3) is 0.600. The Labute approximate surface area is 124 Å². The minimum absolute atomic E-state index is 0.175. The predicted octanol–water partition coefficient (Wildman–Crippen LogP) is 2.09. The van der Waals surface area contributed by atoms with E-state index < -0.39 is 6.10 Å². The molecular formula is C15H20ClNO3. The van der Waals surface area contributed by atoms with Crippen molar-refractivity contribution >= 4 is 11.6 Å². The fourth-order valence-corrected chi connectivity index (χ4v) is 3.45. The van der Waals surface area contributed by atoms with E-state index in [2.05, 4.69) is 5.32 Å². The second-order valence-corrected chi connectivity index (χ2v) is 6.11. The topological polar surface area (TPSA) is 50.7 Å². The first-order valence-electron chi connectivity index (χ1n) is 7.06. The van der Waals surface area contributed by atoms with Crippen LogP contribution in [0.25, 0.3) is 0 Å². The zero-order chi connectivity index (χ0) is 14.1. The van der Waals surface area contributed by atoms with E-state index in [1.165, 1.54) is 0 Å². The minimum atomic E-state index is -0.420. The summed E-state index contributed by atoms with van der Waals surface area (Å²) in [6, 6.07) is 5.30. The van der Waals surface area contributed by atoms with Crippen LogP contribution in [-0.4, -0.2) is 37.5 Å². The summed E-state index contributed by atoms with van der Waals surface area (Å²) in [5.41, 5.74) is 0. The van der Waals surface area contributed by atoms with Crippen molar-refractivity contribution in [1.82, 2.24) is 5.32 Å². The van der Waals surface area contributed by atoms with Crippen LogP contribution < -0.4 is 14.8 Å². The fourth-order valence-electron chi connectivity index (χ4n) is 3.28. The molecule has 1 saturated carbocycles. The Morgan fingerprint density at radius 2 is 1.95 bits per heavy atom. The maximum absolute atomic E-state index is 10.3. The van der Waals surface area contributed by atoms with Crippen LogP contribution >= 0.6 is 11.6 Å². The van der Waals surface area contributed by atoms with E-state index in [1.54, 1.807) is 25.3 Å². The normalized spacial score (nSPS) is 32.8. The minimum Gasteiger partial charge on any atom is -0.493 e. The van der Waals surface area contributed by atoms with Gasteiger partial charge in [0.15, 0.2) is 11.5 Å². The summed E-state index contributed by atoms with van der Waals surface area (Å²) in [4.78, 5) is 0. The lowest BCUT2D eigenvalue weighted by atomic mass is 9.78. The molecule has 0 aromatic heterocycles. The van der Waals surface area contributed by atoms with Crippen LogP contribution in [0.15, 0.2) is 18.2 Å². The highest BCUT2D eigenvalue weighted by Gasteiger charge is 2.40. The van der Waals surface area contributed by atoms with Crippen molar-refractivity contribution in [2.24, 2.45) is 11.8 Å². The van der Waals surface area contributed by atoms with E-state index in [9.17, 15) is 5.11 Å². The van der Waals surface area contributed by atoms with Gasteiger partial charge in [0, 0.05) is 11.1 Å². The van der Waals surface area contributed by atoms with E-state index in [0.29, 0.717) is 28.4 Å². The number of fused-ring (bicyclic) bond motifs is 1. The van der Waals surface area contributed by atoms with Gasteiger partial charge < -0.3 is 19.9 Å². The predicted molar refractivity (Wildman–Crippen MR) is 77.5 cm³/mol. The van der Waals surface area contributed by atoms with Crippen LogP contribution in [0.4, 0.5) is 0 Å². The van der Waals surface area contributed by atoms with Gasteiger partial charge >= 0.3 is 0 Å². The average molecular weight is 298 g/mol. The molecule has 2 N–H and O–H groups in total. The highest BCUT2D eigenvalue weighted by Crippen LogP contribution is 2.37. The molecule has 0 spiro atoms. The lowest BCUT2D eigenvalue weighted by molar-refractivity contribution is -0.0240. The molecule has 3 rings (SSSR count). The quantitative estimate of drug-likeness (QED) is 0.897. The molecule has 4 atom stereocenters. The van der Waals surface area contributed by atoms with Gasteiger partial charge in [0.25, 0.3) is 0 Å². The van der Waals surface area contributed by atoms with Gasteiger partial charge in [0.05, 0.1) is 13.2 Å². The van der Waals surface area contributed by atoms with Crippen molar-refractivity contribution in [1.29, 1.82) is 0 Å².